The van der Waals surface area contributed by atoms with E-state index in [-0.39, 0.29) is 6.04 Å². The largest absolute Gasteiger partial charge is 0.444 e. The van der Waals surface area contributed by atoms with Gasteiger partial charge >= 0.3 is 0 Å². The van der Waals surface area contributed by atoms with E-state index in [9.17, 15) is 0 Å². The molecular weight excluding hydrogens is 222 g/mol. The van der Waals surface area contributed by atoms with Crippen LogP contribution in [-0.4, -0.2) is 9.97 Å². The second kappa shape index (κ2) is 4.76. The van der Waals surface area contributed by atoms with E-state index in [1.54, 1.807) is 11.3 Å². The number of aryl methyl sites for hydroxylation is 2. The standard InChI is InChI=1S/C11H15N3OS/c1-7-9(3)15-10(14-7)6-13-8(2)11-12-4-5-16-11/h4-5,8,13H,6H2,1-3H3. The lowest BCUT2D eigenvalue weighted by Gasteiger charge is -2.08. The minimum absolute atomic E-state index is 0.229. The molecule has 5 heteroatoms. The minimum atomic E-state index is 0.229. The molecule has 0 radical (unpaired) electrons. The van der Waals surface area contributed by atoms with Gasteiger partial charge in [-0.1, -0.05) is 0 Å². The second-order valence-corrected chi connectivity index (χ2v) is 4.65. The molecule has 4 nitrogen and oxygen atoms in total. The van der Waals surface area contributed by atoms with Gasteiger partial charge in [-0.2, -0.15) is 0 Å². The first-order chi connectivity index (χ1) is 7.66. The Hall–Kier alpha value is -1.20. The van der Waals surface area contributed by atoms with Gasteiger partial charge in [0.1, 0.15) is 10.8 Å². The molecule has 0 aliphatic heterocycles. The van der Waals surface area contributed by atoms with Gasteiger partial charge in [0.05, 0.1) is 18.3 Å². The monoisotopic (exact) mass is 237 g/mol. The molecule has 2 aromatic heterocycles. The Bertz CT molecular complexity index is 430. The molecule has 0 amide bonds. The summed E-state index contributed by atoms with van der Waals surface area (Å²) in [5.74, 6) is 1.62. The highest BCUT2D eigenvalue weighted by atomic mass is 32.1. The molecule has 0 fully saturated rings. The van der Waals surface area contributed by atoms with Gasteiger partial charge in [-0.3, -0.25) is 5.32 Å². The Morgan fingerprint density at radius 2 is 2.31 bits per heavy atom. The summed E-state index contributed by atoms with van der Waals surface area (Å²) in [7, 11) is 0. The summed E-state index contributed by atoms with van der Waals surface area (Å²) < 4.78 is 5.49. The van der Waals surface area contributed by atoms with Crippen LogP contribution in [0.15, 0.2) is 16.0 Å². The van der Waals surface area contributed by atoms with E-state index in [0.29, 0.717) is 6.54 Å². The Balaban J connectivity index is 1.92. The molecule has 0 saturated carbocycles. The first-order valence-corrected chi connectivity index (χ1v) is 6.10. The van der Waals surface area contributed by atoms with Crippen LogP contribution in [0.4, 0.5) is 0 Å². The number of aromatic nitrogens is 2. The maximum atomic E-state index is 5.49. The van der Waals surface area contributed by atoms with Crippen LogP contribution in [0.2, 0.25) is 0 Å². The van der Waals surface area contributed by atoms with Crippen LogP contribution in [0.25, 0.3) is 0 Å². The van der Waals surface area contributed by atoms with Crippen LogP contribution < -0.4 is 5.32 Å². The van der Waals surface area contributed by atoms with Crippen molar-refractivity contribution in [2.24, 2.45) is 0 Å². The Kier molecular flexibility index (Phi) is 3.36. The molecule has 1 atom stereocenters. The number of nitrogens with zero attached hydrogens (tertiary/aromatic N) is 2. The third-order valence-electron chi connectivity index (χ3n) is 2.45. The third-order valence-corrected chi connectivity index (χ3v) is 3.41. The van der Waals surface area contributed by atoms with Gasteiger partial charge in [0.15, 0.2) is 0 Å². The highest BCUT2D eigenvalue weighted by molar-refractivity contribution is 7.09. The summed E-state index contributed by atoms with van der Waals surface area (Å²) >= 11 is 1.65. The first kappa shape index (κ1) is 11.3. The lowest BCUT2D eigenvalue weighted by atomic mass is 10.3. The minimum Gasteiger partial charge on any atom is -0.444 e. The zero-order chi connectivity index (χ0) is 11.5. The van der Waals surface area contributed by atoms with Gasteiger partial charge < -0.3 is 4.42 Å². The highest BCUT2D eigenvalue weighted by Gasteiger charge is 2.10. The van der Waals surface area contributed by atoms with E-state index in [2.05, 4.69) is 22.2 Å². The van der Waals surface area contributed by atoms with Crippen molar-refractivity contribution in [1.82, 2.24) is 15.3 Å². The van der Waals surface area contributed by atoms with Crippen LogP contribution in [-0.2, 0) is 6.54 Å². The average molecular weight is 237 g/mol. The van der Waals surface area contributed by atoms with E-state index in [0.717, 1.165) is 22.4 Å². The molecule has 1 unspecified atom stereocenters. The quantitative estimate of drug-likeness (QED) is 0.888. The predicted molar refractivity (Wildman–Crippen MR) is 63.3 cm³/mol. The van der Waals surface area contributed by atoms with Gasteiger partial charge in [-0.15, -0.1) is 11.3 Å². The molecule has 16 heavy (non-hydrogen) atoms. The summed E-state index contributed by atoms with van der Waals surface area (Å²) in [5.41, 5.74) is 0.957. The fourth-order valence-electron chi connectivity index (χ4n) is 1.39. The summed E-state index contributed by atoms with van der Waals surface area (Å²) in [4.78, 5) is 8.57. The number of hydrogen-bond donors (Lipinski definition) is 1. The number of oxazole rings is 1. The van der Waals surface area contributed by atoms with E-state index in [1.165, 1.54) is 0 Å². The molecule has 2 heterocycles. The van der Waals surface area contributed by atoms with Crippen molar-refractivity contribution in [2.75, 3.05) is 0 Å². The number of rotatable bonds is 4. The highest BCUT2D eigenvalue weighted by Crippen LogP contribution is 2.15. The molecule has 0 bridgehead atoms. The van der Waals surface area contributed by atoms with Crippen LogP contribution in [0.3, 0.4) is 0 Å². The zero-order valence-corrected chi connectivity index (χ0v) is 10.5. The fourth-order valence-corrected chi connectivity index (χ4v) is 2.06. The lowest BCUT2D eigenvalue weighted by molar-refractivity contribution is 0.431. The Morgan fingerprint density at radius 1 is 1.50 bits per heavy atom. The molecule has 0 aliphatic carbocycles. The van der Waals surface area contributed by atoms with Gasteiger partial charge in [-0.05, 0) is 20.8 Å². The number of nitrogens with one attached hydrogen (secondary N) is 1. The van der Waals surface area contributed by atoms with E-state index in [1.807, 2.05) is 25.4 Å². The number of thiazole rings is 1. The SMILES string of the molecule is Cc1nc(CNC(C)c2nccs2)oc1C. The first-order valence-electron chi connectivity index (χ1n) is 5.22. The summed E-state index contributed by atoms with van der Waals surface area (Å²) in [6.07, 6.45) is 1.82. The molecule has 86 valence electrons. The molecular formula is C11H15N3OS. The van der Waals surface area contributed by atoms with E-state index >= 15 is 0 Å². The third kappa shape index (κ3) is 2.48. The molecule has 0 aliphatic rings. The van der Waals surface area contributed by atoms with Crippen molar-refractivity contribution in [3.63, 3.8) is 0 Å². The Labute approximate surface area is 98.7 Å². The van der Waals surface area contributed by atoms with E-state index < -0.39 is 0 Å². The topological polar surface area (TPSA) is 51.0 Å². The smallest absolute Gasteiger partial charge is 0.208 e. The average Bonchev–Trinajstić information content (AvgIpc) is 2.86. The summed E-state index contributed by atoms with van der Waals surface area (Å²) in [6, 6.07) is 0.229. The fraction of sp³-hybridized carbons (Fsp3) is 0.455. The summed E-state index contributed by atoms with van der Waals surface area (Å²) in [5, 5.41) is 6.40. The molecule has 2 rings (SSSR count). The van der Waals surface area contributed by atoms with Crippen LogP contribution in [0.1, 0.15) is 35.3 Å². The van der Waals surface area contributed by atoms with Gasteiger partial charge in [0.2, 0.25) is 5.89 Å². The molecule has 0 aromatic carbocycles. The zero-order valence-electron chi connectivity index (χ0n) is 9.65. The predicted octanol–water partition coefficient (Wildman–Crippen LogP) is 2.60. The normalized spacial score (nSPS) is 12.9. The van der Waals surface area contributed by atoms with Crippen molar-refractivity contribution in [3.8, 4) is 0 Å². The Morgan fingerprint density at radius 3 is 2.88 bits per heavy atom. The van der Waals surface area contributed by atoms with Crippen LogP contribution >= 0.6 is 11.3 Å². The van der Waals surface area contributed by atoms with Gasteiger partial charge in [0.25, 0.3) is 0 Å². The van der Waals surface area contributed by atoms with Crippen LogP contribution in [0, 0.1) is 13.8 Å². The van der Waals surface area contributed by atoms with Crippen molar-refractivity contribution in [1.29, 1.82) is 0 Å². The van der Waals surface area contributed by atoms with Crippen molar-refractivity contribution in [3.05, 3.63) is 33.9 Å². The van der Waals surface area contributed by atoms with Crippen molar-refractivity contribution >= 4 is 11.3 Å². The van der Waals surface area contributed by atoms with Crippen molar-refractivity contribution < 1.29 is 4.42 Å². The second-order valence-electron chi connectivity index (χ2n) is 3.72. The number of hydrogen-bond acceptors (Lipinski definition) is 5. The van der Waals surface area contributed by atoms with E-state index in [4.69, 9.17) is 4.42 Å². The molecule has 0 saturated heterocycles. The molecule has 0 spiro atoms. The summed E-state index contributed by atoms with van der Waals surface area (Å²) in [6.45, 7) is 6.60. The maximum Gasteiger partial charge on any atom is 0.208 e. The molecule has 1 N–H and O–H groups in total. The van der Waals surface area contributed by atoms with Gasteiger partial charge in [-0.25, -0.2) is 9.97 Å². The van der Waals surface area contributed by atoms with Crippen molar-refractivity contribution in [2.45, 2.75) is 33.4 Å². The van der Waals surface area contributed by atoms with Gasteiger partial charge in [0, 0.05) is 11.6 Å². The lowest BCUT2D eigenvalue weighted by Crippen LogP contribution is -2.18. The van der Waals surface area contributed by atoms with Crippen LogP contribution in [0.5, 0.6) is 0 Å². The maximum absolute atomic E-state index is 5.49. The molecule has 2 aromatic rings.